The number of nitrogens with one attached hydrogen (secondary N) is 1. The minimum atomic E-state index is -2.95. The molecule has 1 fully saturated rings. The number of alkyl halides is 2. The number of urea groups is 1. The summed E-state index contributed by atoms with van der Waals surface area (Å²) in [6.07, 6.45) is 2.36. The summed E-state index contributed by atoms with van der Waals surface area (Å²) in [5, 5.41) is 7.38. The van der Waals surface area contributed by atoms with E-state index in [1.807, 2.05) is 0 Å². The molecule has 0 saturated carbocycles. The monoisotopic (exact) mass is 445 g/mol. The maximum atomic E-state index is 12.9. The lowest BCUT2D eigenvalue weighted by molar-refractivity contribution is -0.131. The molecule has 0 unspecified atom stereocenters. The number of rotatable bonds is 9. The van der Waals surface area contributed by atoms with Gasteiger partial charge >= 0.3 is 12.6 Å². The smallest absolute Gasteiger partial charge is 0.387 e. The molecule has 7 nitrogen and oxygen atoms in total. The third-order valence-corrected chi connectivity index (χ3v) is 4.99. The van der Waals surface area contributed by atoms with Crippen molar-refractivity contribution in [1.82, 2.24) is 10.3 Å². The number of benzene rings is 2. The Morgan fingerprint density at radius 2 is 1.69 bits per heavy atom. The van der Waals surface area contributed by atoms with Crippen LogP contribution in [0.25, 0.3) is 0 Å². The topological polar surface area (TPSA) is 80.2 Å². The van der Waals surface area contributed by atoms with Crippen molar-refractivity contribution in [2.75, 3.05) is 6.61 Å². The Labute approximate surface area is 185 Å². The van der Waals surface area contributed by atoms with Gasteiger partial charge in [-0.15, -0.1) is 5.01 Å². The van der Waals surface area contributed by atoms with Gasteiger partial charge in [-0.05, 0) is 66.8 Å². The molecule has 1 heterocycles. The summed E-state index contributed by atoms with van der Waals surface area (Å²) in [4.78, 5) is 25.3. The zero-order valence-electron chi connectivity index (χ0n) is 18.0. The van der Waals surface area contributed by atoms with E-state index in [0.717, 1.165) is 17.2 Å². The summed E-state index contributed by atoms with van der Waals surface area (Å²) < 4.78 is 34.6. The Morgan fingerprint density at radius 1 is 1.06 bits per heavy atom. The predicted octanol–water partition coefficient (Wildman–Crippen LogP) is 4.51. The normalized spacial score (nSPS) is 18.7. The molecule has 3 rings (SSSR count). The number of hydrogen-bond acceptors (Lipinski definition) is 5. The van der Waals surface area contributed by atoms with Crippen LogP contribution in [0.3, 0.4) is 0 Å². The summed E-state index contributed by atoms with van der Waals surface area (Å²) in [5.74, 6) is 0.648. The average molecular weight is 445 g/mol. The largest absolute Gasteiger partial charge is 0.494 e. The quantitative estimate of drug-likeness (QED) is 0.455. The van der Waals surface area contributed by atoms with Gasteiger partial charge in [0.15, 0.2) is 0 Å². The van der Waals surface area contributed by atoms with Crippen molar-refractivity contribution < 1.29 is 27.8 Å². The summed E-state index contributed by atoms with van der Waals surface area (Å²) in [7, 11) is 0. The lowest BCUT2D eigenvalue weighted by Gasteiger charge is -2.21. The number of amides is 3. The van der Waals surface area contributed by atoms with E-state index in [4.69, 9.17) is 4.74 Å². The van der Waals surface area contributed by atoms with E-state index < -0.39 is 24.1 Å². The number of carbonyl (C=O) groups excluding carboxylic acids is 2. The number of nitrogens with zero attached hydrogens (tertiary/aromatic N) is 2. The first-order chi connectivity index (χ1) is 15.2. The van der Waals surface area contributed by atoms with E-state index in [2.05, 4.69) is 29.0 Å². The first-order valence-corrected chi connectivity index (χ1v) is 10.2. The summed E-state index contributed by atoms with van der Waals surface area (Å²) in [6.45, 7) is 3.45. The Balaban J connectivity index is 1.67. The maximum Gasteiger partial charge on any atom is 0.387 e. The molecule has 1 N–H and O–H groups in total. The fourth-order valence-corrected chi connectivity index (χ4v) is 3.08. The SMILES string of the molecule is CC(C)CCOc1ccc(/C=N\N2C(=O)N[C@@](C)(c3ccc(OC(F)F)cc3)C2=O)cc1. The highest BCUT2D eigenvalue weighted by Gasteiger charge is 2.49. The van der Waals surface area contributed by atoms with Crippen LogP contribution in [-0.4, -0.2) is 36.4 Å². The zero-order valence-corrected chi connectivity index (χ0v) is 18.0. The van der Waals surface area contributed by atoms with Crippen molar-refractivity contribution in [3.8, 4) is 11.5 Å². The van der Waals surface area contributed by atoms with Crippen molar-refractivity contribution >= 4 is 18.2 Å². The zero-order chi connectivity index (χ0) is 23.3. The fraction of sp³-hybridized carbons (Fsp3) is 0.348. The average Bonchev–Trinajstić information content (AvgIpc) is 2.96. The van der Waals surface area contributed by atoms with Crippen molar-refractivity contribution in [2.24, 2.45) is 11.0 Å². The lowest BCUT2D eigenvalue weighted by Crippen LogP contribution is -2.40. The molecule has 0 aromatic heterocycles. The Morgan fingerprint density at radius 3 is 2.28 bits per heavy atom. The van der Waals surface area contributed by atoms with Crippen molar-refractivity contribution in [3.05, 3.63) is 59.7 Å². The van der Waals surface area contributed by atoms with Crippen LogP contribution in [0.15, 0.2) is 53.6 Å². The third-order valence-electron chi connectivity index (χ3n) is 4.99. The van der Waals surface area contributed by atoms with Gasteiger partial charge in [-0.3, -0.25) is 4.79 Å². The second-order valence-electron chi connectivity index (χ2n) is 7.92. The van der Waals surface area contributed by atoms with E-state index >= 15 is 0 Å². The van der Waals surface area contributed by atoms with E-state index in [1.165, 1.54) is 37.4 Å². The lowest BCUT2D eigenvalue weighted by atomic mass is 9.92. The first kappa shape index (κ1) is 23.2. The molecular weight excluding hydrogens is 420 g/mol. The predicted molar refractivity (Wildman–Crippen MR) is 115 cm³/mol. The van der Waals surface area contributed by atoms with Gasteiger partial charge in [0.05, 0.1) is 12.8 Å². The number of hydrogen-bond donors (Lipinski definition) is 1. The van der Waals surface area contributed by atoms with Gasteiger partial charge in [-0.1, -0.05) is 26.0 Å². The number of imide groups is 1. The van der Waals surface area contributed by atoms with Crippen LogP contribution in [0.5, 0.6) is 11.5 Å². The molecule has 0 spiro atoms. The van der Waals surface area contributed by atoms with Gasteiger partial charge in [-0.2, -0.15) is 13.9 Å². The van der Waals surface area contributed by atoms with Gasteiger partial charge in [0.1, 0.15) is 17.0 Å². The van der Waals surface area contributed by atoms with Crippen LogP contribution in [0, 0.1) is 5.92 Å². The van der Waals surface area contributed by atoms with Crippen molar-refractivity contribution in [3.63, 3.8) is 0 Å². The minimum absolute atomic E-state index is 0.0457. The van der Waals surface area contributed by atoms with Crippen LogP contribution in [0.1, 0.15) is 38.3 Å². The standard InChI is InChI=1S/C23H25F2N3O4/c1-15(2)12-13-31-18-8-4-16(5-9-18)14-26-28-20(29)23(3,27-22(28)30)17-6-10-19(11-7-17)32-21(24)25/h4-11,14-15,21H,12-13H2,1-3H3,(H,27,30)/b26-14-/t23-/m0/s1. The molecule has 0 bridgehead atoms. The second-order valence-corrected chi connectivity index (χ2v) is 7.92. The number of carbonyl (C=O) groups is 2. The molecule has 2 aromatic carbocycles. The first-order valence-electron chi connectivity index (χ1n) is 10.2. The van der Waals surface area contributed by atoms with Crippen LogP contribution in [0.4, 0.5) is 13.6 Å². The molecule has 1 aliphatic rings. The molecule has 9 heteroatoms. The van der Waals surface area contributed by atoms with Crippen LogP contribution in [0.2, 0.25) is 0 Å². The molecule has 32 heavy (non-hydrogen) atoms. The van der Waals surface area contributed by atoms with E-state index in [1.54, 1.807) is 24.3 Å². The summed E-state index contributed by atoms with van der Waals surface area (Å²) in [5.41, 5.74) is -0.284. The highest BCUT2D eigenvalue weighted by molar-refractivity contribution is 6.07. The van der Waals surface area contributed by atoms with Gasteiger partial charge in [0, 0.05) is 0 Å². The third kappa shape index (κ3) is 5.40. The molecule has 0 aliphatic carbocycles. The van der Waals surface area contributed by atoms with Gasteiger partial charge in [-0.25, -0.2) is 4.79 Å². The molecular formula is C23H25F2N3O4. The van der Waals surface area contributed by atoms with E-state index in [-0.39, 0.29) is 5.75 Å². The maximum absolute atomic E-state index is 12.9. The van der Waals surface area contributed by atoms with Crippen LogP contribution >= 0.6 is 0 Å². The van der Waals surface area contributed by atoms with Gasteiger partial charge in [0.2, 0.25) is 0 Å². The summed E-state index contributed by atoms with van der Waals surface area (Å²) in [6, 6.07) is 12.0. The van der Waals surface area contributed by atoms with Crippen LogP contribution in [-0.2, 0) is 10.3 Å². The Bertz CT molecular complexity index is 978. The van der Waals surface area contributed by atoms with Gasteiger partial charge < -0.3 is 14.8 Å². The van der Waals surface area contributed by atoms with Crippen LogP contribution < -0.4 is 14.8 Å². The highest BCUT2D eigenvalue weighted by Crippen LogP contribution is 2.30. The molecule has 2 aromatic rings. The van der Waals surface area contributed by atoms with Crippen molar-refractivity contribution in [2.45, 2.75) is 39.3 Å². The van der Waals surface area contributed by atoms with E-state index in [0.29, 0.717) is 23.7 Å². The molecule has 1 aliphatic heterocycles. The Hall–Kier alpha value is -3.49. The minimum Gasteiger partial charge on any atom is -0.494 e. The molecule has 1 saturated heterocycles. The Kier molecular flexibility index (Phi) is 7.07. The summed E-state index contributed by atoms with van der Waals surface area (Å²) >= 11 is 0. The molecule has 0 radical (unpaired) electrons. The molecule has 170 valence electrons. The number of ether oxygens (including phenoxy) is 2. The highest BCUT2D eigenvalue weighted by atomic mass is 19.3. The molecule has 3 amide bonds. The van der Waals surface area contributed by atoms with E-state index in [9.17, 15) is 18.4 Å². The van der Waals surface area contributed by atoms with Gasteiger partial charge in [0.25, 0.3) is 5.91 Å². The molecule has 1 atom stereocenters. The van der Waals surface area contributed by atoms with Crippen molar-refractivity contribution in [1.29, 1.82) is 0 Å². The second kappa shape index (κ2) is 9.76. The number of halogens is 2. The number of hydrazone groups is 1. The fourth-order valence-electron chi connectivity index (χ4n) is 3.08.